The van der Waals surface area contributed by atoms with E-state index in [0.29, 0.717) is 13.0 Å². The van der Waals surface area contributed by atoms with Gasteiger partial charge >= 0.3 is 0 Å². The van der Waals surface area contributed by atoms with Crippen LogP contribution in [-0.4, -0.2) is 49.2 Å². The van der Waals surface area contributed by atoms with Gasteiger partial charge in [-0.3, -0.25) is 4.79 Å². The molecule has 1 aliphatic heterocycles. The fourth-order valence-corrected chi connectivity index (χ4v) is 5.83. The van der Waals surface area contributed by atoms with Gasteiger partial charge in [-0.1, -0.05) is 43.4 Å². The number of aryl methyl sites for hydroxylation is 1. The highest BCUT2D eigenvalue weighted by Gasteiger charge is 2.41. The van der Waals surface area contributed by atoms with Crippen molar-refractivity contribution in [3.63, 3.8) is 0 Å². The van der Waals surface area contributed by atoms with Gasteiger partial charge in [0.1, 0.15) is 6.04 Å². The average molecular weight is 379 g/mol. The maximum absolute atomic E-state index is 13.1. The SMILES string of the molecule is Cc1ccc(S(=O)(=O)N2CCC[C@H]2C(=O)N(C)C2CCCCCC2)cc1. The highest BCUT2D eigenvalue weighted by atomic mass is 32.2. The summed E-state index contributed by atoms with van der Waals surface area (Å²) in [5, 5.41) is 0. The number of hydrogen-bond acceptors (Lipinski definition) is 3. The highest BCUT2D eigenvalue weighted by molar-refractivity contribution is 7.89. The van der Waals surface area contributed by atoms with Crippen LogP contribution in [0.25, 0.3) is 0 Å². The molecule has 6 heteroatoms. The first-order valence-electron chi connectivity index (χ1n) is 9.76. The molecule has 0 bridgehead atoms. The van der Waals surface area contributed by atoms with Crippen molar-refractivity contribution in [1.82, 2.24) is 9.21 Å². The minimum absolute atomic E-state index is 0.0370. The summed E-state index contributed by atoms with van der Waals surface area (Å²) in [6.45, 7) is 2.35. The number of benzene rings is 1. The first kappa shape index (κ1) is 19.4. The first-order valence-corrected chi connectivity index (χ1v) is 11.2. The van der Waals surface area contributed by atoms with Gasteiger partial charge in [-0.05, 0) is 44.7 Å². The van der Waals surface area contributed by atoms with Crippen molar-refractivity contribution in [2.24, 2.45) is 0 Å². The lowest BCUT2D eigenvalue weighted by Gasteiger charge is -2.32. The zero-order valence-corrected chi connectivity index (χ0v) is 16.7. The molecule has 1 saturated carbocycles. The fraction of sp³-hybridized carbons (Fsp3) is 0.650. The standard InChI is InChI=1S/C20H30N2O3S/c1-16-11-13-18(14-12-16)26(24,25)22-15-7-10-19(22)20(23)21(2)17-8-5-3-4-6-9-17/h11-14,17,19H,3-10,15H2,1-2H3/t19-/m0/s1. The lowest BCUT2D eigenvalue weighted by atomic mass is 10.1. The third-order valence-corrected chi connectivity index (χ3v) is 7.76. The van der Waals surface area contributed by atoms with E-state index in [2.05, 4.69) is 0 Å². The number of hydrogen-bond donors (Lipinski definition) is 0. The molecule has 1 amide bonds. The summed E-state index contributed by atoms with van der Waals surface area (Å²) in [4.78, 5) is 15.2. The molecule has 144 valence electrons. The summed E-state index contributed by atoms with van der Waals surface area (Å²) in [7, 11) is -1.78. The average Bonchev–Trinajstić information content (AvgIpc) is 2.97. The van der Waals surface area contributed by atoms with Gasteiger partial charge in [0.15, 0.2) is 0 Å². The number of sulfonamides is 1. The molecule has 1 atom stereocenters. The van der Waals surface area contributed by atoms with Gasteiger partial charge in [0.2, 0.25) is 15.9 Å². The van der Waals surface area contributed by atoms with Crippen LogP contribution in [0.1, 0.15) is 56.9 Å². The zero-order valence-electron chi connectivity index (χ0n) is 15.9. The minimum Gasteiger partial charge on any atom is -0.341 e. The van der Waals surface area contributed by atoms with Crippen molar-refractivity contribution < 1.29 is 13.2 Å². The maximum atomic E-state index is 13.1. The molecule has 0 N–H and O–H groups in total. The monoisotopic (exact) mass is 378 g/mol. The van der Waals surface area contributed by atoms with Crippen LogP contribution in [-0.2, 0) is 14.8 Å². The normalized spacial score (nSPS) is 22.9. The van der Waals surface area contributed by atoms with Crippen LogP contribution >= 0.6 is 0 Å². The van der Waals surface area contributed by atoms with Crippen LogP contribution < -0.4 is 0 Å². The molecule has 2 fully saturated rings. The van der Waals surface area contributed by atoms with Crippen molar-refractivity contribution >= 4 is 15.9 Å². The van der Waals surface area contributed by atoms with Crippen molar-refractivity contribution in [2.75, 3.05) is 13.6 Å². The summed E-state index contributed by atoms with van der Waals surface area (Å²) in [5.74, 6) is -0.0370. The van der Waals surface area contributed by atoms with Gasteiger partial charge in [-0.15, -0.1) is 0 Å². The number of nitrogens with zero attached hydrogens (tertiary/aromatic N) is 2. The molecule has 1 aromatic carbocycles. The molecule has 1 aromatic rings. The van der Waals surface area contributed by atoms with E-state index in [9.17, 15) is 13.2 Å². The molecule has 1 saturated heterocycles. The second-order valence-corrected chi connectivity index (χ2v) is 9.57. The van der Waals surface area contributed by atoms with E-state index < -0.39 is 16.1 Å². The summed E-state index contributed by atoms with van der Waals surface area (Å²) in [5.41, 5.74) is 1.02. The van der Waals surface area contributed by atoms with E-state index >= 15 is 0 Å². The number of carbonyl (C=O) groups is 1. The van der Waals surface area contributed by atoms with E-state index in [1.54, 1.807) is 24.3 Å². The van der Waals surface area contributed by atoms with Crippen molar-refractivity contribution in [2.45, 2.75) is 75.3 Å². The first-order chi connectivity index (χ1) is 12.4. The number of carbonyl (C=O) groups excluding carboxylic acids is 1. The zero-order chi connectivity index (χ0) is 18.7. The third kappa shape index (κ3) is 3.96. The van der Waals surface area contributed by atoms with Crippen LogP contribution in [0.4, 0.5) is 0 Å². The Labute approximate surface area is 157 Å². The third-order valence-electron chi connectivity index (χ3n) is 5.84. The van der Waals surface area contributed by atoms with E-state index in [1.165, 1.54) is 17.1 Å². The lowest BCUT2D eigenvalue weighted by molar-refractivity contribution is -0.135. The van der Waals surface area contributed by atoms with Gasteiger partial charge in [0, 0.05) is 19.6 Å². The predicted octanol–water partition coefficient (Wildman–Crippen LogP) is 3.33. The molecule has 0 radical (unpaired) electrons. The van der Waals surface area contributed by atoms with Gasteiger partial charge < -0.3 is 4.90 Å². The van der Waals surface area contributed by atoms with Gasteiger partial charge in [-0.2, -0.15) is 4.31 Å². The smallest absolute Gasteiger partial charge is 0.243 e. The van der Waals surface area contributed by atoms with E-state index in [4.69, 9.17) is 0 Å². The molecule has 0 spiro atoms. The topological polar surface area (TPSA) is 57.7 Å². The summed E-state index contributed by atoms with van der Waals surface area (Å²) >= 11 is 0. The van der Waals surface area contributed by atoms with Gasteiger partial charge in [0.25, 0.3) is 0 Å². The maximum Gasteiger partial charge on any atom is 0.243 e. The van der Waals surface area contributed by atoms with Gasteiger partial charge in [-0.25, -0.2) is 8.42 Å². The summed E-state index contributed by atoms with van der Waals surface area (Å²) < 4.78 is 27.6. The molecule has 0 unspecified atom stereocenters. The van der Waals surface area contributed by atoms with E-state index in [-0.39, 0.29) is 16.8 Å². The molecule has 2 aliphatic rings. The van der Waals surface area contributed by atoms with Crippen LogP contribution in [0.3, 0.4) is 0 Å². The Bertz CT molecular complexity index is 722. The Morgan fingerprint density at radius 2 is 1.62 bits per heavy atom. The van der Waals surface area contributed by atoms with Crippen LogP contribution in [0, 0.1) is 6.92 Å². The molecule has 1 aliphatic carbocycles. The molecule has 3 rings (SSSR count). The summed E-state index contributed by atoms with van der Waals surface area (Å²) in [6.07, 6.45) is 8.17. The van der Waals surface area contributed by atoms with Crippen molar-refractivity contribution in [3.05, 3.63) is 29.8 Å². The number of likely N-dealkylation sites (N-methyl/N-ethyl adjacent to an activating group) is 1. The van der Waals surface area contributed by atoms with Crippen LogP contribution in [0.2, 0.25) is 0 Å². The second-order valence-electron chi connectivity index (χ2n) is 7.68. The quantitative estimate of drug-likeness (QED) is 0.755. The lowest BCUT2D eigenvalue weighted by Crippen LogP contribution is -2.49. The molecule has 26 heavy (non-hydrogen) atoms. The highest BCUT2D eigenvalue weighted by Crippen LogP contribution is 2.29. The van der Waals surface area contributed by atoms with Crippen LogP contribution in [0.5, 0.6) is 0 Å². The van der Waals surface area contributed by atoms with E-state index in [1.807, 2.05) is 18.9 Å². The minimum atomic E-state index is -3.64. The number of amides is 1. The fourth-order valence-electron chi connectivity index (χ4n) is 4.18. The molecular weight excluding hydrogens is 348 g/mol. The van der Waals surface area contributed by atoms with Gasteiger partial charge in [0.05, 0.1) is 4.90 Å². The van der Waals surface area contributed by atoms with Crippen molar-refractivity contribution in [3.8, 4) is 0 Å². The Morgan fingerprint density at radius 1 is 1.00 bits per heavy atom. The molecule has 5 nitrogen and oxygen atoms in total. The molecular formula is C20H30N2O3S. The van der Waals surface area contributed by atoms with Crippen LogP contribution in [0.15, 0.2) is 29.2 Å². The largest absolute Gasteiger partial charge is 0.341 e. The molecule has 0 aromatic heterocycles. The molecule has 1 heterocycles. The second kappa shape index (κ2) is 8.09. The Kier molecular flexibility index (Phi) is 6.03. The van der Waals surface area contributed by atoms with Crippen molar-refractivity contribution in [1.29, 1.82) is 0 Å². The van der Waals surface area contributed by atoms with E-state index in [0.717, 1.165) is 37.7 Å². The Hall–Kier alpha value is -1.40. The summed E-state index contributed by atoms with van der Waals surface area (Å²) in [6, 6.07) is 6.57. The predicted molar refractivity (Wildman–Crippen MR) is 102 cm³/mol. The number of rotatable bonds is 4. The Balaban J connectivity index is 1.78. The Morgan fingerprint density at radius 3 is 2.23 bits per heavy atom.